The van der Waals surface area contributed by atoms with Crippen molar-refractivity contribution >= 4 is 23.9 Å². The minimum atomic E-state index is -0.585. The molecule has 0 fully saturated rings. The number of nitrogens with one attached hydrogen (secondary N) is 1. The van der Waals surface area contributed by atoms with Gasteiger partial charge in [0.25, 0.3) is 0 Å². The van der Waals surface area contributed by atoms with Gasteiger partial charge < -0.3 is 9.47 Å². The van der Waals surface area contributed by atoms with Gasteiger partial charge in [0.1, 0.15) is 5.60 Å². The molecule has 6 heteroatoms. The van der Waals surface area contributed by atoms with Crippen LogP contribution in [0.1, 0.15) is 20.8 Å². The molecule has 0 saturated carbocycles. The Morgan fingerprint density at radius 2 is 2.00 bits per heavy atom. The minimum Gasteiger partial charge on any atom is -0.493 e. The standard InChI is InChI=1S/C10H18N2O3S/c1-7(14-5)8(12-16-6)11-9(13)15-10(2,3)4/h1H2,2-6H3,(H,11,12,13). The second-order valence-electron chi connectivity index (χ2n) is 3.88. The summed E-state index contributed by atoms with van der Waals surface area (Å²) in [5.41, 5.74) is -0.553. The highest BCUT2D eigenvalue weighted by Crippen LogP contribution is 2.07. The third-order valence-corrected chi connectivity index (χ3v) is 1.68. The van der Waals surface area contributed by atoms with Gasteiger partial charge in [0.05, 0.1) is 7.11 Å². The fourth-order valence-corrected chi connectivity index (χ4v) is 1.06. The van der Waals surface area contributed by atoms with Crippen LogP contribution >= 0.6 is 11.9 Å². The van der Waals surface area contributed by atoms with E-state index in [1.165, 1.54) is 19.1 Å². The normalized spacial score (nSPS) is 11.9. The van der Waals surface area contributed by atoms with Crippen LogP contribution in [0.4, 0.5) is 4.79 Å². The fourth-order valence-electron chi connectivity index (χ4n) is 0.732. The molecule has 0 aliphatic carbocycles. The topological polar surface area (TPSA) is 59.9 Å². The van der Waals surface area contributed by atoms with E-state index in [9.17, 15) is 4.79 Å². The van der Waals surface area contributed by atoms with Crippen molar-refractivity contribution in [1.82, 2.24) is 5.32 Å². The molecule has 0 aromatic heterocycles. The van der Waals surface area contributed by atoms with Crippen LogP contribution in [0.3, 0.4) is 0 Å². The van der Waals surface area contributed by atoms with E-state index in [1.54, 1.807) is 27.0 Å². The predicted molar refractivity (Wildman–Crippen MR) is 66.5 cm³/mol. The van der Waals surface area contributed by atoms with Crippen LogP contribution in [0.25, 0.3) is 0 Å². The zero-order valence-electron chi connectivity index (χ0n) is 10.3. The van der Waals surface area contributed by atoms with Crippen LogP contribution < -0.4 is 5.32 Å². The van der Waals surface area contributed by atoms with E-state index in [0.717, 1.165) is 0 Å². The Kier molecular flexibility index (Phi) is 5.95. The first-order valence-electron chi connectivity index (χ1n) is 4.64. The van der Waals surface area contributed by atoms with Gasteiger partial charge in [-0.2, -0.15) is 4.40 Å². The highest BCUT2D eigenvalue weighted by atomic mass is 32.2. The number of hydrogen-bond acceptors (Lipinski definition) is 5. The number of nitrogens with zero attached hydrogens (tertiary/aromatic N) is 1. The highest BCUT2D eigenvalue weighted by molar-refractivity contribution is 7.97. The number of amidine groups is 1. The molecule has 16 heavy (non-hydrogen) atoms. The number of hydrogen-bond donors (Lipinski definition) is 1. The van der Waals surface area contributed by atoms with Gasteiger partial charge in [0, 0.05) is 6.26 Å². The maximum atomic E-state index is 11.4. The van der Waals surface area contributed by atoms with Crippen molar-refractivity contribution < 1.29 is 14.3 Å². The lowest BCUT2D eigenvalue weighted by Crippen LogP contribution is -2.37. The number of carbonyl (C=O) groups excluding carboxylic acids is 1. The summed E-state index contributed by atoms with van der Waals surface area (Å²) in [4.78, 5) is 11.4. The van der Waals surface area contributed by atoms with E-state index in [0.29, 0.717) is 0 Å². The average Bonchev–Trinajstić information content (AvgIpc) is 2.13. The molecule has 1 amide bonds. The summed E-state index contributed by atoms with van der Waals surface area (Å²) in [6, 6.07) is 0. The first-order chi connectivity index (χ1) is 7.30. The second-order valence-corrected chi connectivity index (χ2v) is 4.42. The molecule has 0 aliphatic heterocycles. The number of amides is 1. The highest BCUT2D eigenvalue weighted by Gasteiger charge is 2.18. The molecule has 0 radical (unpaired) electrons. The van der Waals surface area contributed by atoms with Gasteiger partial charge in [-0.25, -0.2) is 4.79 Å². The Morgan fingerprint density at radius 1 is 1.44 bits per heavy atom. The molecule has 0 saturated heterocycles. The van der Waals surface area contributed by atoms with E-state index in [1.807, 2.05) is 0 Å². The monoisotopic (exact) mass is 246 g/mol. The molecule has 0 atom stereocenters. The van der Waals surface area contributed by atoms with Crippen LogP contribution in [-0.4, -0.2) is 30.9 Å². The van der Waals surface area contributed by atoms with E-state index in [-0.39, 0.29) is 11.6 Å². The number of rotatable bonds is 3. The minimum absolute atomic E-state index is 0.254. The Hall–Kier alpha value is -1.17. The molecule has 0 aliphatic rings. The number of carbonyl (C=O) groups is 1. The van der Waals surface area contributed by atoms with E-state index in [4.69, 9.17) is 9.47 Å². The molecule has 0 aromatic rings. The molecular formula is C10H18N2O3S. The van der Waals surface area contributed by atoms with Crippen LogP contribution in [0.5, 0.6) is 0 Å². The quantitative estimate of drug-likeness (QED) is 0.359. The lowest BCUT2D eigenvalue weighted by atomic mass is 10.2. The average molecular weight is 246 g/mol. The van der Waals surface area contributed by atoms with Crippen molar-refractivity contribution in [2.24, 2.45) is 4.40 Å². The summed E-state index contributed by atoms with van der Waals surface area (Å²) in [7, 11) is 1.45. The predicted octanol–water partition coefficient (Wildman–Crippen LogP) is 2.35. The van der Waals surface area contributed by atoms with Crippen molar-refractivity contribution in [3.05, 3.63) is 12.3 Å². The van der Waals surface area contributed by atoms with E-state index < -0.39 is 11.7 Å². The Balaban J connectivity index is 4.48. The first-order valence-corrected chi connectivity index (χ1v) is 5.82. The summed E-state index contributed by atoms with van der Waals surface area (Å²) in [5, 5.41) is 2.47. The molecular weight excluding hydrogens is 228 g/mol. The summed E-state index contributed by atoms with van der Waals surface area (Å²) >= 11 is 1.19. The lowest BCUT2D eigenvalue weighted by molar-refractivity contribution is 0.0561. The first kappa shape index (κ1) is 14.8. The summed E-state index contributed by atoms with van der Waals surface area (Å²) in [6.45, 7) is 8.95. The smallest absolute Gasteiger partial charge is 0.413 e. The van der Waals surface area contributed by atoms with Crippen LogP contribution in [0.15, 0.2) is 16.7 Å². The Bertz CT molecular complexity index is 295. The third kappa shape index (κ3) is 6.34. The molecule has 0 spiro atoms. The van der Waals surface area contributed by atoms with Gasteiger partial charge in [-0.1, -0.05) is 6.58 Å². The summed E-state index contributed by atoms with van der Waals surface area (Å²) in [6.07, 6.45) is 1.18. The second kappa shape index (κ2) is 6.42. The molecule has 0 aromatic carbocycles. The van der Waals surface area contributed by atoms with Crippen LogP contribution in [0.2, 0.25) is 0 Å². The van der Waals surface area contributed by atoms with E-state index >= 15 is 0 Å². The molecule has 0 bridgehead atoms. The maximum Gasteiger partial charge on any atom is 0.413 e. The summed E-state index contributed by atoms with van der Waals surface area (Å²) in [5.74, 6) is 0.532. The van der Waals surface area contributed by atoms with Crippen molar-refractivity contribution in [1.29, 1.82) is 0 Å². The van der Waals surface area contributed by atoms with Gasteiger partial charge >= 0.3 is 6.09 Å². The largest absolute Gasteiger partial charge is 0.493 e. The van der Waals surface area contributed by atoms with Gasteiger partial charge in [-0.05, 0) is 32.7 Å². The van der Waals surface area contributed by atoms with Gasteiger partial charge in [0.2, 0.25) is 0 Å². The van der Waals surface area contributed by atoms with Gasteiger partial charge in [-0.15, -0.1) is 0 Å². The molecule has 0 unspecified atom stereocenters. The van der Waals surface area contributed by atoms with E-state index in [2.05, 4.69) is 16.3 Å². The fraction of sp³-hybridized carbons (Fsp3) is 0.600. The van der Waals surface area contributed by atoms with Crippen molar-refractivity contribution in [2.45, 2.75) is 26.4 Å². The van der Waals surface area contributed by atoms with Crippen molar-refractivity contribution in [3.8, 4) is 0 Å². The van der Waals surface area contributed by atoms with Crippen LogP contribution in [0, 0.1) is 0 Å². The number of methoxy groups -OCH3 is 1. The maximum absolute atomic E-state index is 11.4. The Morgan fingerprint density at radius 3 is 2.38 bits per heavy atom. The Labute approximate surface area is 100 Å². The van der Waals surface area contributed by atoms with Gasteiger partial charge in [-0.3, -0.25) is 5.32 Å². The van der Waals surface area contributed by atoms with Gasteiger partial charge in [0.15, 0.2) is 11.6 Å². The molecule has 5 nitrogen and oxygen atoms in total. The SMILES string of the molecule is C=C(OC)/C(=N\SC)NC(=O)OC(C)(C)C. The summed E-state index contributed by atoms with van der Waals surface area (Å²) < 4.78 is 13.9. The van der Waals surface area contributed by atoms with Crippen molar-refractivity contribution in [3.63, 3.8) is 0 Å². The van der Waals surface area contributed by atoms with Crippen molar-refractivity contribution in [2.75, 3.05) is 13.4 Å². The third-order valence-electron chi connectivity index (χ3n) is 1.31. The number of ether oxygens (including phenoxy) is 2. The number of alkyl carbamates (subject to hydrolysis) is 1. The molecule has 0 heterocycles. The molecule has 92 valence electrons. The van der Waals surface area contributed by atoms with Crippen LogP contribution in [-0.2, 0) is 9.47 Å². The zero-order chi connectivity index (χ0) is 12.8. The zero-order valence-corrected chi connectivity index (χ0v) is 11.1. The lowest BCUT2D eigenvalue weighted by Gasteiger charge is -2.20. The molecule has 0 rings (SSSR count). The molecule has 1 N–H and O–H groups in total.